The fourth-order valence-corrected chi connectivity index (χ4v) is 1.49. The van der Waals surface area contributed by atoms with E-state index in [4.69, 9.17) is 4.74 Å². The van der Waals surface area contributed by atoms with E-state index < -0.39 is 0 Å². The predicted octanol–water partition coefficient (Wildman–Crippen LogP) is 3.72. The van der Waals surface area contributed by atoms with Crippen molar-refractivity contribution in [2.24, 2.45) is 0 Å². The molecule has 1 rings (SSSR count). The van der Waals surface area contributed by atoms with Crippen LogP contribution in [0.2, 0.25) is 0 Å². The molecule has 0 atom stereocenters. The third-order valence-corrected chi connectivity index (χ3v) is 3.00. The van der Waals surface area contributed by atoms with Crippen LogP contribution in [-0.4, -0.2) is 11.6 Å². The molecule has 78 valence electrons. The van der Waals surface area contributed by atoms with Gasteiger partial charge in [-0.25, -0.2) is 4.98 Å². The standard InChI is InChI=1S/C11H16BrNO/c1-3-4-5-8-14-11-10(12)9(2)6-7-13-11/h6-7H,3-5,8H2,1-2H3. The molecule has 0 saturated carbocycles. The molecule has 2 nitrogen and oxygen atoms in total. The number of nitrogens with zero attached hydrogens (tertiary/aromatic N) is 1. The first kappa shape index (κ1) is 11.5. The van der Waals surface area contributed by atoms with Gasteiger partial charge >= 0.3 is 0 Å². The van der Waals surface area contributed by atoms with Crippen molar-refractivity contribution in [3.63, 3.8) is 0 Å². The van der Waals surface area contributed by atoms with Crippen LogP contribution in [0.1, 0.15) is 31.7 Å². The molecule has 0 radical (unpaired) electrons. The molecule has 0 aliphatic rings. The first-order valence-corrected chi connectivity index (χ1v) is 5.79. The minimum atomic E-state index is 0.709. The third kappa shape index (κ3) is 3.29. The van der Waals surface area contributed by atoms with Gasteiger partial charge in [0.15, 0.2) is 0 Å². The van der Waals surface area contributed by atoms with Crippen LogP contribution in [-0.2, 0) is 0 Å². The zero-order valence-corrected chi connectivity index (χ0v) is 10.3. The Labute approximate surface area is 93.8 Å². The second kappa shape index (κ2) is 6.02. The van der Waals surface area contributed by atoms with Gasteiger partial charge in [0.05, 0.1) is 11.1 Å². The van der Waals surface area contributed by atoms with Gasteiger partial charge in [-0.15, -0.1) is 0 Å². The number of aryl methyl sites for hydroxylation is 1. The maximum atomic E-state index is 5.56. The zero-order chi connectivity index (χ0) is 10.4. The third-order valence-electron chi connectivity index (χ3n) is 2.04. The van der Waals surface area contributed by atoms with Gasteiger partial charge in [-0.2, -0.15) is 0 Å². The number of rotatable bonds is 5. The summed E-state index contributed by atoms with van der Waals surface area (Å²) in [5.74, 6) is 0.709. The lowest BCUT2D eigenvalue weighted by Crippen LogP contribution is -2.00. The van der Waals surface area contributed by atoms with E-state index in [9.17, 15) is 0 Å². The molecular formula is C11H16BrNO. The molecule has 1 aromatic rings. The Bertz CT molecular complexity index is 289. The van der Waals surface area contributed by atoms with Gasteiger partial charge in [0.25, 0.3) is 0 Å². The van der Waals surface area contributed by atoms with Crippen LogP contribution >= 0.6 is 15.9 Å². The van der Waals surface area contributed by atoms with Crippen LogP contribution in [0.5, 0.6) is 5.88 Å². The molecule has 0 fully saturated rings. The summed E-state index contributed by atoms with van der Waals surface area (Å²) in [5.41, 5.74) is 1.16. The molecule has 0 spiro atoms. The summed E-state index contributed by atoms with van der Waals surface area (Å²) in [6.07, 6.45) is 5.29. The van der Waals surface area contributed by atoms with Crippen molar-refractivity contribution >= 4 is 15.9 Å². The number of aromatic nitrogens is 1. The Hall–Kier alpha value is -0.570. The molecule has 0 aromatic carbocycles. The Morgan fingerprint density at radius 1 is 1.43 bits per heavy atom. The van der Waals surface area contributed by atoms with Gasteiger partial charge in [0.2, 0.25) is 5.88 Å². The van der Waals surface area contributed by atoms with Crippen LogP contribution in [0.25, 0.3) is 0 Å². The number of hydrogen-bond donors (Lipinski definition) is 0. The normalized spacial score (nSPS) is 10.2. The van der Waals surface area contributed by atoms with Crippen molar-refractivity contribution in [1.82, 2.24) is 4.98 Å². The first-order chi connectivity index (χ1) is 6.75. The average molecular weight is 258 g/mol. The van der Waals surface area contributed by atoms with Crippen LogP contribution in [0, 0.1) is 6.92 Å². The summed E-state index contributed by atoms with van der Waals surface area (Å²) < 4.78 is 6.53. The van der Waals surface area contributed by atoms with Gasteiger partial charge < -0.3 is 4.74 Å². The molecule has 0 unspecified atom stereocenters. The summed E-state index contributed by atoms with van der Waals surface area (Å²) in [5, 5.41) is 0. The fourth-order valence-electron chi connectivity index (χ4n) is 1.14. The van der Waals surface area contributed by atoms with Crippen LogP contribution in [0.4, 0.5) is 0 Å². The maximum Gasteiger partial charge on any atom is 0.228 e. The van der Waals surface area contributed by atoms with Crippen molar-refractivity contribution in [2.75, 3.05) is 6.61 Å². The van der Waals surface area contributed by atoms with Crippen LogP contribution < -0.4 is 4.74 Å². The SMILES string of the molecule is CCCCCOc1nccc(C)c1Br. The molecule has 0 amide bonds. The van der Waals surface area contributed by atoms with E-state index in [0.717, 1.165) is 23.1 Å². The smallest absolute Gasteiger partial charge is 0.228 e. The van der Waals surface area contributed by atoms with Gasteiger partial charge in [0, 0.05) is 6.20 Å². The molecule has 0 N–H and O–H groups in total. The highest BCUT2D eigenvalue weighted by atomic mass is 79.9. The minimum absolute atomic E-state index is 0.709. The fraction of sp³-hybridized carbons (Fsp3) is 0.545. The Kier molecular flexibility index (Phi) is 4.94. The van der Waals surface area contributed by atoms with Crippen molar-refractivity contribution in [1.29, 1.82) is 0 Å². The summed E-state index contributed by atoms with van der Waals surface area (Å²) in [6.45, 7) is 4.97. The molecule has 0 aliphatic heterocycles. The monoisotopic (exact) mass is 257 g/mol. The predicted molar refractivity (Wildman–Crippen MR) is 61.7 cm³/mol. The molecular weight excluding hydrogens is 242 g/mol. The van der Waals surface area contributed by atoms with Crippen molar-refractivity contribution in [3.05, 3.63) is 22.3 Å². The Morgan fingerprint density at radius 2 is 2.21 bits per heavy atom. The average Bonchev–Trinajstić information content (AvgIpc) is 2.19. The van der Waals surface area contributed by atoms with Crippen molar-refractivity contribution < 1.29 is 4.74 Å². The first-order valence-electron chi connectivity index (χ1n) is 4.99. The van der Waals surface area contributed by atoms with E-state index in [1.165, 1.54) is 12.8 Å². The summed E-state index contributed by atoms with van der Waals surface area (Å²) in [4.78, 5) is 4.17. The molecule has 1 aromatic heterocycles. The maximum absolute atomic E-state index is 5.56. The summed E-state index contributed by atoms with van der Waals surface area (Å²) >= 11 is 3.46. The lowest BCUT2D eigenvalue weighted by atomic mass is 10.3. The van der Waals surface area contributed by atoms with Crippen molar-refractivity contribution in [3.8, 4) is 5.88 Å². The lowest BCUT2D eigenvalue weighted by Gasteiger charge is -2.07. The molecule has 1 heterocycles. The van der Waals surface area contributed by atoms with E-state index >= 15 is 0 Å². The highest BCUT2D eigenvalue weighted by Gasteiger charge is 2.03. The number of hydrogen-bond acceptors (Lipinski definition) is 2. The van der Waals surface area contributed by atoms with Crippen LogP contribution in [0.3, 0.4) is 0 Å². The molecule has 0 aliphatic carbocycles. The van der Waals surface area contributed by atoms with Gasteiger partial charge in [-0.1, -0.05) is 19.8 Å². The number of pyridine rings is 1. The minimum Gasteiger partial charge on any atom is -0.477 e. The largest absolute Gasteiger partial charge is 0.477 e. The number of unbranched alkanes of at least 4 members (excludes halogenated alkanes) is 2. The van der Waals surface area contributed by atoms with E-state index in [2.05, 4.69) is 27.8 Å². The summed E-state index contributed by atoms with van der Waals surface area (Å²) in [7, 11) is 0. The van der Waals surface area contributed by atoms with E-state index in [0.29, 0.717) is 5.88 Å². The zero-order valence-electron chi connectivity index (χ0n) is 8.72. The van der Waals surface area contributed by atoms with Gasteiger partial charge in [-0.05, 0) is 40.9 Å². The van der Waals surface area contributed by atoms with Crippen molar-refractivity contribution in [2.45, 2.75) is 33.1 Å². The second-order valence-corrected chi connectivity index (χ2v) is 4.10. The lowest BCUT2D eigenvalue weighted by molar-refractivity contribution is 0.293. The Morgan fingerprint density at radius 3 is 2.93 bits per heavy atom. The van der Waals surface area contributed by atoms with Gasteiger partial charge in [-0.3, -0.25) is 0 Å². The second-order valence-electron chi connectivity index (χ2n) is 3.30. The van der Waals surface area contributed by atoms with Crippen LogP contribution in [0.15, 0.2) is 16.7 Å². The van der Waals surface area contributed by atoms with Gasteiger partial charge in [0.1, 0.15) is 0 Å². The highest BCUT2D eigenvalue weighted by Crippen LogP contribution is 2.25. The summed E-state index contributed by atoms with van der Waals surface area (Å²) in [6, 6.07) is 1.96. The Balaban J connectivity index is 2.46. The topological polar surface area (TPSA) is 22.1 Å². The molecule has 0 saturated heterocycles. The van der Waals surface area contributed by atoms with E-state index in [1.54, 1.807) is 6.20 Å². The number of ether oxygens (including phenoxy) is 1. The number of halogens is 1. The highest BCUT2D eigenvalue weighted by molar-refractivity contribution is 9.10. The van der Waals surface area contributed by atoms with E-state index in [1.807, 2.05) is 13.0 Å². The molecule has 0 bridgehead atoms. The quantitative estimate of drug-likeness (QED) is 0.751. The molecule has 14 heavy (non-hydrogen) atoms. The molecule has 3 heteroatoms. The van der Waals surface area contributed by atoms with E-state index in [-0.39, 0.29) is 0 Å².